The Kier molecular flexibility index (Phi) is 9.01. The number of carbonyl (C=O) groups is 2. The number of hydrogen-bond donors (Lipinski definition) is 0. The summed E-state index contributed by atoms with van der Waals surface area (Å²) in [7, 11) is 0. The first-order chi connectivity index (χ1) is 12.0. The van der Waals surface area contributed by atoms with E-state index in [0.717, 1.165) is 5.56 Å². The van der Waals surface area contributed by atoms with Crippen LogP contribution in [0.4, 0.5) is 0 Å². The first-order valence-electron chi connectivity index (χ1n) is 8.42. The number of carbonyl (C=O) groups excluding carboxylic acids is 2. The molecule has 0 saturated carbocycles. The molecule has 0 saturated heterocycles. The lowest BCUT2D eigenvalue weighted by Gasteiger charge is -2.28. The van der Waals surface area contributed by atoms with Crippen LogP contribution in [-0.2, 0) is 14.3 Å². The number of benzene rings is 2. The molecule has 0 spiro atoms. The highest BCUT2D eigenvalue weighted by Gasteiger charge is 2.20. The standard InChI is InChI=1S/C13H17NO3.C8H10/c1-3-13(16)14(9-17-10-15)11(2)12-7-5-4-6-8-12;1-7-3-5-8(2)6-4-7/h4-8,10-11H,3,9H2,1-2H3;3-6H,1-2H3/t11-;/m1./s1. The molecule has 4 heteroatoms. The third kappa shape index (κ3) is 7.21. The number of rotatable bonds is 6. The van der Waals surface area contributed by atoms with Crippen LogP contribution in [0.2, 0.25) is 0 Å². The van der Waals surface area contributed by atoms with Gasteiger partial charge in [0.15, 0.2) is 6.73 Å². The summed E-state index contributed by atoms with van der Waals surface area (Å²) >= 11 is 0. The van der Waals surface area contributed by atoms with Gasteiger partial charge in [0.1, 0.15) is 0 Å². The Bertz CT molecular complexity index is 617. The van der Waals surface area contributed by atoms with E-state index >= 15 is 0 Å². The third-order valence-electron chi connectivity index (χ3n) is 3.87. The minimum Gasteiger partial charge on any atom is -0.446 e. The fourth-order valence-corrected chi connectivity index (χ4v) is 2.26. The molecule has 0 aliphatic heterocycles. The summed E-state index contributed by atoms with van der Waals surface area (Å²) in [4.78, 5) is 23.5. The minimum atomic E-state index is -0.108. The molecule has 1 atom stereocenters. The van der Waals surface area contributed by atoms with Crippen LogP contribution < -0.4 is 0 Å². The highest BCUT2D eigenvalue weighted by atomic mass is 16.5. The minimum absolute atomic E-state index is 0.00770. The van der Waals surface area contributed by atoms with Gasteiger partial charge in [-0.3, -0.25) is 9.59 Å². The van der Waals surface area contributed by atoms with E-state index in [0.29, 0.717) is 12.9 Å². The predicted molar refractivity (Wildman–Crippen MR) is 99.9 cm³/mol. The average Bonchev–Trinajstić information content (AvgIpc) is 2.65. The van der Waals surface area contributed by atoms with Crippen LogP contribution in [0.15, 0.2) is 54.6 Å². The Morgan fingerprint density at radius 2 is 1.56 bits per heavy atom. The van der Waals surface area contributed by atoms with Gasteiger partial charge in [-0.2, -0.15) is 0 Å². The predicted octanol–water partition coefficient (Wildman–Crippen LogP) is 4.42. The SMILES string of the molecule is CCC(=O)N(COC=O)[C@H](C)c1ccccc1.Cc1ccc(C)cc1. The lowest BCUT2D eigenvalue weighted by Crippen LogP contribution is -2.34. The molecular weight excluding hydrogens is 314 g/mol. The topological polar surface area (TPSA) is 46.6 Å². The van der Waals surface area contributed by atoms with Crippen LogP contribution in [0.3, 0.4) is 0 Å². The van der Waals surface area contributed by atoms with Gasteiger partial charge >= 0.3 is 0 Å². The van der Waals surface area contributed by atoms with Crippen molar-refractivity contribution >= 4 is 12.4 Å². The van der Waals surface area contributed by atoms with Gasteiger partial charge in [0.25, 0.3) is 6.47 Å². The van der Waals surface area contributed by atoms with Crippen molar-refractivity contribution in [2.24, 2.45) is 0 Å². The zero-order valence-corrected chi connectivity index (χ0v) is 15.4. The van der Waals surface area contributed by atoms with Crippen LogP contribution in [0.1, 0.15) is 43.0 Å². The number of nitrogens with zero attached hydrogens (tertiary/aromatic N) is 1. The molecule has 0 aliphatic rings. The molecule has 4 nitrogen and oxygen atoms in total. The summed E-state index contributed by atoms with van der Waals surface area (Å²) in [5, 5.41) is 0. The van der Waals surface area contributed by atoms with Gasteiger partial charge < -0.3 is 9.64 Å². The van der Waals surface area contributed by atoms with Crippen molar-refractivity contribution in [1.29, 1.82) is 0 Å². The van der Waals surface area contributed by atoms with Gasteiger partial charge in [0.2, 0.25) is 5.91 Å². The van der Waals surface area contributed by atoms with Gasteiger partial charge in [-0.25, -0.2) is 0 Å². The Labute approximate surface area is 150 Å². The zero-order chi connectivity index (χ0) is 18.7. The molecule has 0 N–H and O–H groups in total. The molecule has 0 aliphatic carbocycles. The molecule has 0 fully saturated rings. The molecule has 25 heavy (non-hydrogen) atoms. The highest BCUT2D eigenvalue weighted by Crippen LogP contribution is 2.20. The first kappa shape index (κ1) is 20.4. The molecular formula is C21H27NO3. The molecule has 0 bridgehead atoms. The van der Waals surface area contributed by atoms with E-state index in [2.05, 4.69) is 42.8 Å². The van der Waals surface area contributed by atoms with E-state index in [1.165, 1.54) is 11.1 Å². The molecule has 0 unspecified atom stereocenters. The van der Waals surface area contributed by atoms with Crippen LogP contribution in [0.5, 0.6) is 0 Å². The number of amides is 1. The van der Waals surface area contributed by atoms with E-state index in [4.69, 9.17) is 0 Å². The van der Waals surface area contributed by atoms with E-state index in [1.54, 1.807) is 11.8 Å². The van der Waals surface area contributed by atoms with Crippen molar-refractivity contribution in [2.45, 2.75) is 40.2 Å². The molecule has 2 aromatic carbocycles. The summed E-state index contributed by atoms with van der Waals surface area (Å²) in [6.45, 7) is 8.24. The fraction of sp³-hybridized carbons (Fsp3) is 0.333. The van der Waals surface area contributed by atoms with Crippen molar-refractivity contribution in [3.8, 4) is 0 Å². The second-order valence-electron chi connectivity index (χ2n) is 5.85. The highest BCUT2D eigenvalue weighted by molar-refractivity contribution is 5.76. The van der Waals surface area contributed by atoms with Crippen LogP contribution in [0, 0.1) is 13.8 Å². The summed E-state index contributed by atoms with van der Waals surface area (Å²) in [5.41, 5.74) is 3.68. The average molecular weight is 341 g/mol. The van der Waals surface area contributed by atoms with Gasteiger partial charge in [-0.05, 0) is 26.3 Å². The lowest BCUT2D eigenvalue weighted by atomic mass is 10.1. The molecule has 0 aromatic heterocycles. The Morgan fingerprint density at radius 1 is 1.04 bits per heavy atom. The first-order valence-corrected chi connectivity index (χ1v) is 8.42. The van der Waals surface area contributed by atoms with E-state index in [-0.39, 0.29) is 18.7 Å². The maximum Gasteiger partial charge on any atom is 0.294 e. The Morgan fingerprint density at radius 3 is 2.00 bits per heavy atom. The number of ether oxygens (including phenoxy) is 1. The monoisotopic (exact) mass is 341 g/mol. The summed E-state index contributed by atoms with van der Waals surface area (Å²) in [6, 6.07) is 18.0. The molecule has 134 valence electrons. The van der Waals surface area contributed by atoms with Crippen molar-refractivity contribution in [1.82, 2.24) is 4.90 Å². The second kappa shape index (κ2) is 11.0. The quantitative estimate of drug-likeness (QED) is 0.577. The molecule has 2 rings (SSSR count). The molecule has 0 heterocycles. The van der Waals surface area contributed by atoms with Crippen molar-refractivity contribution in [2.75, 3.05) is 6.73 Å². The number of hydrogen-bond acceptors (Lipinski definition) is 3. The fourth-order valence-electron chi connectivity index (χ4n) is 2.26. The summed E-state index contributed by atoms with van der Waals surface area (Å²) < 4.78 is 4.69. The van der Waals surface area contributed by atoms with Crippen LogP contribution in [0.25, 0.3) is 0 Å². The summed E-state index contributed by atoms with van der Waals surface area (Å²) in [6.07, 6.45) is 0.388. The van der Waals surface area contributed by atoms with Crippen LogP contribution in [-0.4, -0.2) is 24.0 Å². The van der Waals surface area contributed by atoms with E-state index in [1.807, 2.05) is 37.3 Å². The van der Waals surface area contributed by atoms with E-state index < -0.39 is 0 Å². The van der Waals surface area contributed by atoms with Crippen molar-refractivity contribution < 1.29 is 14.3 Å². The van der Waals surface area contributed by atoms with Gasteiger partial charge in [-0.15, -0.1) is 0 Å². The Hall–Kier alpha value is -2.62. The third-order valence-corrected chi connectivity index (χ3v) is 3.87. The number of aryl methyl sites for hydroxylation is 2. The van der Waals surface area contributed by atoms with Crippen molar-refractivity contribution in [3.05, 3.63) is 71.3 Å². The molecule has 1 amide bonds. The van der Waals surface area contributed by atoms with Gasteiger partial charge in [-0.1, -0.05) is 72.6 Å². The van der Waals surface area contributed by atoms with Crippen LogP contribution >= 0.6 is 0 Å². The zero-order valence-electron chi connectivity index (χ0n) is 15.4. The normalized spacial score (nSPS) is 10.9. The summed E-state index contributed by atoms with van der Waals surface area (Å²) in [5.74, 6) is -0.0387. The maximum atomic E-state index is 11.8. The van der Waals surface area contributed by atoms with E-state index in [9.17, 15) is 9.59 Å². The van der Waals surface area contributed by atoms with Gasteiger partial charge in [0, 0.05) is 6.42 Å². The lowest BCUT2D eigenvalue weighted by molar-refractivity contribution is -0.145. The Balaban J connectivity index is 0.000000324. The molecule has 0 radical (unpaired) electrons. The smallest absolute Gasteiger partial charge is 0.294 e. The maximum absolute atomic E-state index is 11.8. The van der Waals surface area contributed by atoms with Crippen molar-refractivity contribution in [3.63, 3.8) is 0 Å². The molecule has 2 aromatic rings. The van der Waals surface area contributed by atoms with Gasteiger partial charge in [0.05, 0.1) is 6.04 Å². The second-order valence-corrected chi connectivity index (χ2v) is 5.85. The largest absolute Gasteiger partial charge is 0.446 e.